The molecule has 1 heterocycles. The Kier molecular flexibility index (Phi) is 2.95. The van der Waals surface area contributed by atoms with Gasteiger partial charge in [0.15, 0.2) is 11.5 Å². The highest BCUT2D eigenvalue weighted by Gasteiger charge is 2.12. The number of hydrogen-bond donors (Lipinski definition) is 3. The highest BCUT2D eigenvalue weighted by Crippen LogP contribution is 2.24. The predicted octanol–water partition coefficient (Wildman–Crippen LogP) is 0.892. The molecular formula is C11H11N3O3. The van der Waals surface area contributed by atoms with Crippen molar-refractivity contribution in [2.75, 3.05) is 5.73 Å². The summed E-state index contributed by atoms with van der Waals surface area (Å²) < 4.78 is 4.82. The first kappa shape index (κ1) is 11.0. The Bertz CT molecular complexity index is 523. The molecule has 0 aliphatic rings. The van der Waals surface area contributed by atoms with Gasteiger partial charge in [0.2, 0.25) is 0 Å². The van der Waals surface area contributed by atoms with Crippen molar-refractivity contribution >= 4 is 11.6 Å². The molecule has 1 aromatic carbocycles. The van der Waals surface area contributed by atoms with Gasteiger partial charge in [-0.1, -0.05) is 11.2 Å². The molecule has 0 saturated heterocycles. The summed E-state index contributed by atoms with van der Waals surface area (Å²) in [6.45, 7) is 0.201. The maximum absolute atomic E-state index is 11.7. The Morgan fingerprint density at radius 1 is 1.47 bits per heavy atom. The SMILES string of the molecule is Nc1cccc(C(=O)NCc2ccno2)c1O. The number of nitrogens with one attached hydrogen (secondary N) is 1. The van der Waals surface area contributed by atoms with Gasteiger partial charge < -0.3 is 20.7 Å². The molecule has 0 fully saturated rings. The van der Waals surface area contributed by atoms with E-state index >= 15 is 0 Å². The van der Waals surface area contributed by atoms with Crippen LogP contribution in [0.15, 0.2) is 35.0 Å². The monoisotopic (exact) mass is 233 g/mol. The number of anilines is 1. The van der Waals surface area contributed by atoms with Gasteiger partial charge in [0, 0.05) is 6.07 Å². The zero-order valence-corrected chi connectivity index (χ0v) is 8.88. The second-order valence-corrected chi connectivity index (χ2v) is 3.40. The van der Waals surface area contributed by atoms with E-state index in [9.17, 15) is 9.90 Å². The van der Waals surface area contributed by atoms with Crippen LogP contribution in [0.5, 0.6) is 5.75 Å². The van der Waals surface area contributed by atoms with Gasteiger partial charge in [0.05, 0.1) is 24.0 Å². The molecule has 0 spiro atoms. The van der Waals surface area contributed by atoms with Crippen molar-refractivity contribution in [1.29, 1.82) is 0 Å². The Morgan fingerprint density at radius 2 is 2.29 bits per heavy atom. The van der Waals surface area contributed by atoms with Crippen LogP contribution >= 0.6 is 0 Å². The molecule has 1 amide bonds. The number of amides is 1. The van der Waals surface area contributed by atoms with Crippen LogP contribution in [0.25, 0.3) is 0 Å². The maximum Gasteiger partial charge on any atom is 0.255 e. The fourth-order valence-corrected chi connectivity index (χ4v) is 1.34. The van der Waals surface area contributed by atoms with Crippen LogP contribution in [0.4, 0.5) is 5.69 Å². The Balaban J connectivity index is 2.07. The van der Waals surface area contributed by atoms with Crippen LogP contribution < -0.4 is 11.1 Å². The summed E-state index contributed by atoms with van der Waals surface area (Å²) in [6, 6.07) is 6.24. The third kappa shape index (κ3) is 2.36. The van der Waals surface area contributed by atoms with E-state index in [1.165, 1.54) is 18.3 Å². The fraction of sp³-hybridized carbons (Fsp3) is 0.0909. The normalized spacial score (nSPS) is 10.1. The van der Waals surface area contributed by atoms with E-state index in [0.29, 0.717) is 5.76 Å². The number of carbonyl (C=O) groups excluding carboxylic acids is 1. The number of benzene rings is 1. The van der Waals surface area contributed by atoms with Gasteiger partial charge >= 0.3 is 0 Å². The molecular weight excluding hydrogens is 222 g/mol. The number of carbonyl (C=O) groups is 1. The molecule has 0 radical (unpaired) electrons. The number of hydrogen-bond acceptors (Lipinski definition) is 5. The Morgan fingerprint density at radius 3 is 3.00 bits per heavy atom. The van der Waals surface area contributed by atoms with Crippen LogP contribution in [-0.4, -0.2) is 16.2 Å². The van der Waals surface area contributed by atoms with Crippen molar-refractivity contribution < 1.29 is 14.4 Å². The van der Waals surface area contributed by atoms with E-state index < -0.39 is 5.91 Å². The van der Waals surface area contributed by atoms with Crippen molar-refractivity contribution in [3.05, 3.63) is 41.8 Å². The lowest BCUT2D eigenvalue weighted by molar-refractivity contribution is 0.0944. The number of nitrogen functional groups attached to an aromatic ring is 1. The van der Waals surface area contributed by atoms with Crippen molar-refractivity contribution in [2.45, 2.75) is 6.54 Å². The minimum atomic E-state index is -0.425. The lowest BCUT2D eigenvalue weighted by Crippen LogP contribution is -2.22. The van der Waals surface area contributed by atoms with E-state index in [1.54, 1.807) is 12.1 Å². The standard InChI is InChI=1S/C11H11N3O3/c12-9-3-1-2-8(10(9)15)11(16)13-6-7-4-5-14-17-7/h1-5,15H,6,12H2,(H,13,16). The number of aromatic nitrogens is 1. The summed E-state index contributed by atoms with van der Waals surface area (Å²) in [6.07, 6.45) is 1.49. The van der Waals surface area contributed by atoms with Crippen LogP contribution in [0.3, 0.4) is 0 Å². The van der Waals surface area contributed by atoms with Gasteiger partial charge in [-0.15, -0.1) is 0 Å². The van der Waals surface area contributed by atoms with Crippen molar-refractivity contribution in [3.8, 4) is 5.75 Å². The van der Waals surface area contributed by atoms with E-state index in [1.807, 2.05) is 0 Å². The van der Waals surface area contributed by atoms with Crippen molar-refractivity contribution in [2.24, 2.45) is 0 Å². The van der Waals surface area contributed by atoms with Gasteiger partial charge in [-0.05, 0) is 12.1 Å². The average Bonchev–Trinajstić information content (AvgIpc) is 2.82. The lowest BCUT2D eigenvalue weighted by atomic mass is 10.1. The van der Waals surface area contributed by atoms with Gasteiger partial charge in [0.25, 0.3) is 5.91 Å². The summed E-state index contributed by atoms with van der Waals surface area (Å²) in [5.74, 6) is -0.115. The van der Waals surface area contributed by atoms with Crippen LogP contribution in [0.1, 0.15) is 16.1 Å². The smallest absolute Gasteiger partial charge is 0.255 e. The van der Waals surface area contributed by atoms with Crippen LogP contribution in [-0.2, 0) is 6.54 Å². The predicted molar refractivity (Wildman–Crippen MR) is 60.2 cm³/mol. The summed E-state index contributed by atoms with van der Waals surface area (Å²) in [7, 11) is 0. The Labute approximate surface area is 97.0 Å². The van der Waals surface area contributed by atoms with E-state index in [0.717, 1.165) is 0 Å². The van der Waals surface area contributed by atoms with E-state index in [4.69, 9.17) is 10.3 Å². The second-order valence-electron chi connectivity index (χ2n) is 3.40. The van der Waals surface area contributed by atoms with E-state index in [-0.39, 0.29) is 23.5 Å². The highest BCUT2D eigenvalue weighted by atomic mass is 16.5. The van der Waals surface area contributed by atoms with Gasteiger partial charge in [0.1, 0.15) is 0 Å². The molecule has 6 nitrogen and oxygen atoms in total. The zero-order valence-electron chi connectivity index (χ0n) is 8.88. The number of nitrogens with zero attached hydrogens (tertiary/aromatic N) is 1. The molecule has 17 heavy (non-hydrogen) atoms. The molecule has 0 saturated carbocycles. The summed E-state index contributed by atoms with van der Waals surface area (Å²) in [5, 5.41) is 15.7. The van der Waals surface area contributed by atoms with Crippen molar-refractivity contribution in [1.82, 2.24) is 10.5 Å². The third-order valence-corrected chi connectivity index (χ3v) is 2.23. The summed E-state index contributed by atoms with van der Waals surface area (Å²) in [5.41, 5.74) is 5.78. The quantitative estimate of drug-likeness (QED) is 0.540. The molecule has 88 valence electrons. The number of para-hydroxylation sites is 1. The molecule has 2 aromatic rings. The first-order valence-corrected chi connectivity index (χ1v) is 4.93. The highest BCUT2D eigenvalue weighted by molar-refractivity contribution is 5.98. The van der Waals surface area contributed by atoms with Gasteiger partial charge in [-0.3, -0.25) is 4.79 Å². The minimum Gasteiger partial charge on any atom is -0.505 e. The van der Waals surface area contributed by atoms with Crippen molar-refractivity contribution in [3.63, 3.8) is 0 Å². The molecule has 2 rings (SSSR count). The van der Waals surface area contributed by atoms with Gasteiger partial charge in [-0.25, -0.2) is 0 Å². The molecule has 0 atom stereocenters. The fourth-order valence-electron chi connectivity index (χ4n) is 1.34. The topological polar surface area (TPSA) is 101 Å². The minimum absolute atomic E-state index is 0.129. The summed E-state index contributed by atoms with van der Waals surface area (Å²) >= 11 is 0. The lowest BCUT2D eigenvalue weighted by Gasteiger charge is -2.06. The first-order valence-electron chi connectivity index (χ1n) is 4.93. The maximum atomic E-state index is 11.7. The number of phenolic OH excluding ortho intramolecular Hbond substituents is 1. The van der Waals surface area contributed by atoms with Gasteiger partial charge in [-0.2, -0.15) is 0 Å². The average molecular weight is 233 g/mol. The molecule has 0 aliphatic carbocycles. The molecule has 6 heteroatoms. The van der Waals surface area contributed by atoms with Crippen LogP contribution in [0, 0.1) is 0 Å². The van der Waals surface area contributed by atoms with Crippen LogP contribution in [0.2, 0.25) is 0 Å². The molecule has 0 bridgehead atoms. The Hall–Kier alpha value is -2.50. The number of rotatable bonds is 3. The number of aromatic hydroxyl groups is 1. The second kappa shape index (κ2) is 4.56. The largest absolute Gasteiger partial charge is 0.505 e. The molecule has 4 N–H and O–H groups in total. The zero-order chi connectivity index (χ0) is 12.3. The first-order chi connectivity index (χ1) is 8.18. The molecule has 0 aliphatic heterocycles. The third-order valence-electron chi connectivity index (χ3n) is 2.23. The number of nitrogens with two attached hydrogens (primary N) is 1. The molecule has 1 aromatic heterocycles. The number of phenols is 1. The molecule has 0 unspecified atom stereocenters. The summed E-state index contributed by atoms with van der Waals surface area (Å²) in [4.78, 5) is 11.7. The van der Waals surface area contributed by atoms with E-state index in [2.05, 4.69) is 10.5 Å².